The van der Waals surface area contributed by atoms with E-state index in [0.717, 1.165) is 41.7 Å². The van der Waals surface area contributed by atoms with Crippen molar-refractivity contribution in [3.05, 3.63) is 47.9 Å². The summed E-state index contributed by atoms with van der Waals surface area (Å²) in [5, 5.41) is 7.00. The first-order valence-corrected chi connectivity index (χ1v) is 9.56. The van der Waals surface area contributed by atoms with Gasteiger partial charge in [0.15, 0.2) is 5.96 Å². The van der Waals surface area contributed by atoms with Crippen molar-refractivity contribution < 1.29 is 13.9 Å². The number of hydrogen-bond acceptors (Lipinski definition) is 4. The van der Waals surface area contributed by atoms with Crippen LogP contribution in [0.25, 0.3) is 0 Å². The van der Waals surface area contributed by atoms with Crippen LogP contribution in [0.1, 0.15) is 37.0 Å². The molecular formula is C21H30IN3O3. The largest absolute Gasteiger partial charge is 0.497 e. The molecular weight excluding hydrogens is 469 g/mol. The van der Waals surface area contributed by atoms with Gasteiger partial charge < -0.3 is 24.5 Å². The Hall–Kier alpha value is -1.90. The zero-order valence-corrected chi connectivity index (χ0v) is 18.9. The number of methoxy groups -OCH3 is 2. The molecule has 0 bridgehead atoms. The molecule has 0 spiro atoms. The van der Waals surface area contributed by atoms with Gasteiger partial charge in [-0.05, 0) is 37.1 Å². The average molecular weight is 499 g/mol. The summed E-state index contributed by atoms with van der Waals surface area (Å²) in [5.41, 5.74) is 1.02. The Labute approximate surface area is 184 Å². The van der Waals surface area contributed by atoms with Crippen LogP contribution in [0.4, 0.5) is 0 Å². The van der Waals surface area contributed by atoms with Crippen molar-refractivity contribution in [2.75, 3.05) is 20.8 Å². The molecule has 2 N–H and O–H groups in total. The van der Waals surface area contributed by atoms with E-state index in [-0.39, 0.29) is 24.0 Å². The molecule has 154 valence electrons. The van der Waals surface area contributed by atoms with Crippen molar-refractivity contribution in [2.24, 2.45) is 4.99 Å². The van der Waals surface area contributed by atoms with Crippen molar-refractivity contribution in [3.63, 3.8) is 0 Å². The molecule has 6 nitrogen and oxygen atoms in total. The van der Waals surface area contributed by atoms with Crippen molar-refractivity contribution in [1.29, 1.82) is 0 Å². The fraction of sp³-hybridized carbons (Fsp3) is 0.476. The molecule has 0 saturated heterocycles. The Morgan fingerprint density at radius 3 is 2.68 bits per heavy atom. The van der Waals surface area contributed by atoms with Gasteiger partial charge in [-0.1, -0.05) is 12.8 Å². The molecule has 28 heavy (non-hydrogen) atoms. The van der Waals surface area contributed by atoms with E-state index in [1.807, 2.05) is 30.3 Å². The molecule has 1 aromatic heterocycles. The molecule has 1 fully saturated rings. The van der Waals surface area contributed by atoms with Crippen molar-refractivity contribution >= 4 is 29.9 Å². The van der Waals surface area contributed by atoms with Crippen LogP contribution in [-0.4, -0.2) is 32.8 Å². The van der Waals surface area contributed by atoms with Gasteiger partial charge in [-0.25, -0.2) is 4.99 Å². The molecule has 1 aliphatic carbocycles. The summed E-state index contributed by atoms with van der Waals surface area (Å²) >= 11 is 0. The third kappa shape index (κ3) is 6.61. The van der Waals surface area contributed by atoms with Crippen LogP contribution in [0.5, 0.6) is 11.5 Å². The maximum absolute atomic E-state index is 5.48. The lowest BCUT2D eigenvalue weighted by molar-refractivity contribution is 0.391. The van der Waals surface area contributed by atoms with Crippen LogP contribution in [0, 0.1) is 0 Å². The highest BCUT2D eigenvalue weighted by atomic mass is 127. The molecule has 1 heterocycles. The number of nitrogens with one attached hydrogen (secondary N) is 2. The molecule has 0 amide bonds. The second kappa shape index (κ2) is 11.8. The van der Waals surface area contributed by atoms with E-state index < -0.39 is 0 Å². The zero-order chi connectivity index (χ0) is 18.9. The molecule has 0 atom stereocenters. The Bertz CT molecular complexity index is 729. The van der Waals surface area contributed by atoms with Crippen molar-refractivity contribution in [2.45, 2.75) is 44.7 Å². The van der Waals surface area contributed by atoms with Gasteiger partial charge in [0.05, 0.1) is 27.0 Å². The first kappa shape index (κ1) is 22.4. The first-order chi connectivity index (χ1) is 13.3. The average Bonchev–Trinajstić information content (AvgIpc) is 3.40. The molecule has 1 aliphatic rings. The van der Waals surface area contributed by atoms with Crippen LogP contribution >= 0.6 is 24.0 Å². The van der Waals surface area contributed by atoms with E-state index in [9.17, 15) is 0 Å². The fourth-order valence-electron chi connectivity index (χ4n) is 3.32. The standard InChI is InChI=1S/C21H29N3O3.HI/c1-25-19-10-9-16(20(14-19)26-2)15-23-21(24-17-6-3-4-7-17)22-12-11-18-8-5-13-27-18;/h5,8-10,13-14,17H,3-4,6-7,11-12,15H2,1-2H3,(H2,22,23,24);1H. The third-order valence-electron chi connectivity index (χ3n) is 4.84. The Balaban J connectivity index is 0.00000280. The zero-order valence-electron chi connectivity index (χ0n) is 16.6. The van der Waals surface area contributed by atoms with Gasteiger partial charge >= 0.3 is 0 Å². The highest BCUT2D eigenvalue weighted by Gasteiger charge is 2.16. The summed E-state index contributed by atoms with van der Waals surface area (Å²) in [6.07, 6.45) is 7.49. The smallest absolute Gasteiger partial charge is 0.191 e. The number of guanidine groups is 1. The molecule has 2 aromatic rings. The number of nitrogens with zero attached hydrogens (tertiary/aromatic N) is 1. The number of aliphatic imine (C=N–C) groups is 1. The summed E-state index contributed by atoms with van der Waals surface area (Å²) in [6.45, 7) is 1.31. The maximum Gasteiger partial charge on any atom is 0.191 e. The number of halogens is 1. The lowest BCUT2D eigenvalue weighted by atomic mass is 10.2. The summed E-state index contributed by atoms with van der Waals surface area (Å²) < 4.78 is 16.1. The number of ether oxygens (including phenoxy) is 2. The Kier molecular flexibility index (Phi) is 9.46. The van der Waals surface area contributed by atoms with E-state index in [1.54, 1.807) is 20.5 Å². The topological polar surface area (TPSA) is 68.0 Å². The molecule has 7 heteroatoms. The predicted molar refractivity (Wildman–Crippen MR) is 122 cm³/mol. The number of furan rings is 1. The maximum atomic E-state index is 5.48. The molecule has 1 saturated carbocycles. The van der Waals surface area contributed by atoms with E-state index in [4.69, 9.17) is 18.9 Å². The lowest BCUT2D eigenvalue weighted by Gasteiger charge is -2.17. The van der Waals surface area contributed by atoms with Gasteiger partial charge in [0.1, 0.15) is 17.3 Å². The molecule has 0 aliphatic heterocycles. The summed E-state index contributed by atoms with van der Waals surface area (Å²) in [7, 11) is 3.32. The van der Waals surface area contributed by atoms with Crippen LogP contribution in [0.3, 0.4) is 0 Å². The SMILES string of the molecule is COc1ccc(CN=C(NCCc2ccco2)NC2CCCC2)c(OC)c1.I. The van der Waals surface area contributed by atoms with E-state index in [0.29, 0.717) is 12.6 Å². The van der Waals surface area contributed by atoms with Crippen LogP contribution in [-0.2, 0) is 13.0 Å². The number of rotatable bonds is 8. The van der Waals surface area contributed by atoms with Crippen molar-refractivity contribution in [3.8, 4) is 11.5 Å². The second-order valence-electron chi connectivity index (χ2n) is 6.72. The Morgan fingerprint density at radius 2 is 2.00 bits per heavy atom. The molecule has 0 radical (unpaired) electrons. The van der Waals surface area contributed by atoms with E-state index in [2.05, 4.69) is 10.6 Å². The summed E-state index contributed by atoms with van der Waals surface area (Å²) in [6, 6.07) is 10.2. The van der Waals surface area contributed by atoms with Crippen LogP contribution in [0.2, 0.25) is 0 Å². The molecule has 1 aromatic carbocycles. The van der Waals surface area contributed by atoms with Crippen LogP contribution < -0.4 is 20.1 Å². The number of hydrogen-bond donors (Lipinski definition) is 2. The number of benzene rings is 1. The predicted octanol–water partition coefficient (Wildman–Crippen LogP) is 4.14. The van der Waals surface area contributed by atoms with Crippen LogP contribution in [0.15, 0.2) is 46.0 Å². The minimum absolute atomic E-state index is 0. The quantitative estimate of drug-likeness (QED) is 0.325. The normalized spacial score (nSPS) is 14.4. The van der Waals surface area contributed by atoms with E-state index >= 15 is 0 Å². The molecule has 3 rings (SSSR count). The van der Waals surface area contributed by atoms with Gasteiger partial charge in [0.2, 0.25) is 0 Å². The summed E-state index contributed by atoms with van der Waals surface area (Å²) in [4.78, 5) is 4.78. The minimum atomic E-state index is 0. The van der Waals surface area contributed by atoms with E-state index in [1.165, 1.54) is 25.7 Å². The van der Waals surface area contributed by atoms with Crippen molar-refractivity contribution in [1.82, 2.24) is 10.6 Å². The second-order valence-corrected chi connectivity index (χ2v) is 6.72. The van der Waals surface area contributed by atoms with Gasteiger partial charge in [0.25, 0.3) is 0 Å². The third-order valence-corrected chi connectivity index (χ3v) is 4.84. The monoisotopic (exact) mass is 499 g/mol. The Morgan fingerprint density at radius 1 is 1.18 bits per heavy atom. The first-order valence-electron chi connectivity index (χ1n) is 9.56. The van der Waals surface area contributed by atoms with Gasteiger partial charge in [0, 0.05) is 30.6 Å². The molecule has 0 unspecified atom stereocenters. The van der Waals surface area contributed by atoms with Gasteiger partial charge in [-0.3, -0.25) is 0 Å². The van der Waals surface area contributed by atoms with Gasteiger partial charge in [-0.2, -0.15) is 0 Å². The summed E-state index contributed by atoms with van der Waals surface area (Å²) in [5.74, 6) is 3.38. The minimum Gasteiger partial charge on any atom is -0.497 e. The highest BCUT2D eigenvalue weighted by molar-refractivity contribution is 14.0. The fourth-order valence-corrected chi connectivity index (χ4v) is 3.32. The lowest BCUT2D eigenvalue weighted by Crippen LogP contribution is -2.43. The van der Waals surface area contributed by atoms with Gasteiger partial charge in [-0.15, -0.1) is 24.0 Å². The highest BCUT2D eigenvalue weighted by Crippen LogP contribution is 2.25.